The number of benzene rings is 3. The molecule has 0 aliphatic carbocycles. The zero-order chi connectivity index (χ0) is 74.3. The summed E-state index contributed by atoms with van der Waals surface area (Å²) in [6.07, 6.45) is 0. The molecule has 61 heavy (non-hydrogen) atoms. The smallest absolute Gasteiger partial charge is 0.179 e. The Morgan fingerprint density at radius 2 is 0.607 bits per heavy atom. The predicted molar refractivity (Wildman–Crippen MR) is 280 cm³/mol. The molecule has 6 aliphatic heterocycles. The highest BCUT2D eigenvalue weighted by molar-refractivity contribution is 8.23. The third kappa shape index (κ3) is 8.18. The Bertz CT molecular complexity index is 3540. The SMILES string of the molecule is [2H]C([2H])([2H])C1(C([2H])([2H])[2H])Sc2c(c(C(c3c4c(c(C(=O)CCl)c5c3SC(C([2H])([2H])[2H])(C([2H])([2H])[2H])S5)SC(C([2H])([2H])[2H])(C([2H])([2H])[2H])S4)=c3c4c(c(=C([O])CCl)c5c3SC(C([2H])([2H])[2H])(C([2H])([2H])[2H])S5)SC(C([2H])([2H])[2H])(C([2H])([2H])[2H])S4)c3c(c2C(=O)CCl)SC(C([2H])([2H])[2H])(C([2H])([2H])[2H])S3)S1. The highest BCUT2D eigenvalue weighted by Gasteiger charge is 2.50. The first-order valence-electron chi connectivity index (χ1n) is 34.4. The fourth-order valence-electron chi connectivity index (χ4n) is 7.02. The van der Waals surface area contributed by atoms with Crippen LogP contribution in [0.25, 0.3) is 11.3 Å². The summed E-state index contributed by atoms with van der Waals surface area (Å²) < 4.78 is 306. The number of rotatable bonds is 7. The van der Waals surface area contributed by atoms with Gasteiger partial charge in [-0.1, -0.05) is 0 Å². The number of hydrogen-bond acceptors (Lipinski definition) is 14. The maximum absolute atomic E-state index is 15.0. The van der Waals surface area contributed by atoms with Crippen molar-refractivity contribution >= 4 is 199 Å². The van der Waals surface area contributed by atoms with Crippen LogP contribution in [0, 0.1) is 0 Å². The minimum Gasteiger partial charge on any atom is -0.293 e. The van der Waals surface area contributed by atoms with E-state index in [9.17, 15) is 0 Å². The van der Waals surface area contributed by atoms with E-state index in [0.717, 1.165) is 0 Å². The number of ketones is 2. The Morgan fingerprint density at radius 1 is 0.377 bits per heavy atom. The molecule has 3 aromatic carbocycles. The standard InChI is InChI=1S/C43H42Cl3O3S12/c1-38(2)50-26-19(16(47)13-44)27-33(57-39(3,4)51-27)23(32(26)56-38)22(24-34-28(52-40(5,6)58-34)20(17(48)14-45)29-35(24)59-41(7,8)53-29)25-36-30(54-42(9,10)60-36)21(18(49)15-46)31-37(25)61-43(11,12)55-31/h13-15H2,1-12H3/i1D3,2D3,3D3,4D3,5D3,6D3,7D3,8D3,9D3,10D3,11D3,12D3. The Hall–Kier alpha value is 1.61. The first-order chi connectivity index (χ1) is 43.2. The number of fused-ring (bicyclic) bond motifs is 6. The zero-order valence-electron chi connectivity index (χ0n) is 65.4. The van der Waals surface area contributed by atoms with Gasteiger partial charge in [0.25, 0.3) is 0 Å². The summed E-state index contributed by atoms with van der Waals surface area (Å²) in [5.41, 5.74) is -4.75. The maximum Gasteiger partial charge on any atom is 0.179 e. The Balaban J connectivity index is 1.82. The van der Waals surface area contributed by atoms with Crippen molar-refractivity contribution in [1.82, 2.24) is 0 Å². The lowest BCUT2D eigenvalue weighted by Crippen LogP contribution is -2.25. The first-order valence-corrected chi connectivity index (χ1v) is 27.8. The van der Waals surface area contributed by atoms with Gasteiger partial charge in [0, 0.05) is 146 Å². The van der Waals surface area contributed by atoms with Crippen molar-refractivity contribution in [2.24, 2.45) is 0 Å². The van der Waals surface area contributed by atoms with Gasteiger partial charge >= 0.3 is 0 Å². The first kappa shape index (κ1) is 20.9. The largest absolute Gasteiger partial charge is 0.293 e. The quantitative estimate of drug-likeness (QED) is 0.167. The van der Waals surface area contributed by atoms with Crippen LogP contribution in [0.2, 0.25) is 0 Å². The van der Waals surface area contributed by atoms with E-state index in [4.69, 9.17) is 84.2 Å². The minimum absolute atomic E-state index is 0.0923. The van der Waals surface area contributed by atoms with Crippen molar-refractivity contribution in [3.05, 3.63) is 32.7 Å². The number of carbonyl (C=O) groups is 2. The molecule has 325 valence electrons. The average molecular weight is 1130 g/mol. The summed E-state index contributed by atoms with van der Waals surface area (Å²) in [7, 11) is 0. The van der Waals surface area contributed by atoms with Crippen molar-refractivity contribution in [1.29, 1.82) is 0 Å². The summed E-state index contributed by atoms with van der Waals surface area (Å²) in [5.74, 6) is -7.33. The van der Waals surface area contributed by atoms with Crippen LogP contribution < -0.4 is 10.4 Å². The van der Waals surface area contributed by atoms with E-state index in [-0.39, 0.29) is 141 Å². The van der Waals surface area contributed by atoms with Crippen LogP contribution in [0.15, 0.2) is 58.7 Å². The van der Waals surface area contributed by atoms with Crippen LogP contribution in [0.5, 0.6) is 0 Å². The van der Waals surface area contributed by atoms with E-state index in [1.807, 2.05) is 0 Å². The van der Waals surface area contributed by atoms with Gasteiger partial charge in [-0.25, -0.2) is 0 Å². The predicted octanol–water partition coefficient (Wildman–Crippen LogP) is 16.2. The number of carbonyl (C=O) groups excluding carboxylic acids is 2. The molecule has 18 heteroatoms. The molecule has 3 nitrogen and oxygen atoms in total. The van der Waals surface area contributed by atoms with Gasteiger partial charge < -0.3 is 0 Å². The van der Waals surface area contributed by atoms with Gasteiger partial charge in [0.05, 0.1) is 42.1 Å². The van der Waals surface area contributed by atoms with Crippen LogP contribution in [-0.2, 0) is 5.11 Å². The molecule has 1 radical (unpaired) electrons. The molecule has 0 saturated carbocycles. The van der Waals surface area contributed by atoms with E-state index < -0.39 is 239 Å². The van der Waals surface area contributed by atoms with Crippen LogP contribution in [-0.4, -0.2) is 53.7 Å². The second-order valence-corrected chi connectivity index (χ2v) is 30.2. The molecule has 9 rings (SSSR count). The van der Waals surface area contributed by atoms with Gasteiger partial charge in [-0.2, -0.15) is 0 Å². The molecule has 6 aliphatic rings. The average Bonchev–Trinajstić information content (AvgIpc) is 1.52. The summed E-state index contributed by atoms with van der Waals surface area (Å²) in [6, 6.07) is 0. The monoisotopic (exact) mass is 1130 g/mol. The molecular weight excluding hydrogens is 1060 g/mol. The number of alkyl halides is 3. The van der Waals surface area contributed by atoms with Gasteiger partial charge in [-0.15, -0.1) is 176 Å². The third-order valence-corrected chi connectivity index (χ3v) is 24.2. The van der Waals surface area contributed by atoms with Crippen molar-refractivity contribution < 1.29 is 64.0 Å². The Labute approximate surface area is 475 Å². The van der Waals surface area contributed by atoms with E-state index in [2.05, 4.69) is 0 Å². The number of thioether (sulfide) groups is 12. The molecule has 0 spiro atoms. The molecule has 3 aromatic rings. The van der Waals surface area contributed by atoms with Crippen molar-refractivity contribution in [2.75, 3.05) is 17.6 Å². The maximum atomic E-state index is 15.0. The fourth-order valence-corrected chi connectivity index (χ4v) is 22.8. The molecule has 0 saturated heterocycles. The van der Waals surface area contributed by atoms with E-state index in [1.165, 1.54) is 0 Å². The zero-order valence-corrected chi connectivity index (χ0v) is 41.4. The van der Waals surface area contributed by atoms with Crippen LogP contribution in [0.3, 0.4) is 0 Å². The molecule has 0 unspecified atom stereocenters. The number of halogens is 3. The third-order valence-electron chi connectivity index (χ3n) is 8.86. The van der Waals surface area contributed by atoms with Crippen molar-refractivity contribution in [3.63, 3.8) is 0 Å². The minimum atomic E-state index is -3.82. The fraction of sp³-hybridized carbons (Fsp3) is 0.488. The topological polar surface area (TPSA) is 54.0 Å². The normalized spacial score (nSPS) is 33.3. The molecule has 0 N–H and O–H groups in total. The van der Waals surface area contributed by atoms with E-state index >= 15 is 14.7 Å². The summed E-state index contributed by atoms with van der Waals surface area (Å²) in [6.45, 7) is -45.8. The van der Waals surface area contributed by atoms with Gasteiger partial charge in [-0.05, 0) is 82.2 Å². The van der Waals surface area contributed by atoms with E-state index in [1.54, 1.807) is 0 Å². The highest BCUT2D eigenvalue weighted by Crippen LogP contribution is 2.71. The second kappa shape index (κ2) is 16.1. The van der Waals surface area contributed by atoms with Gasteiger partial charge in [0.1, 0.15) is 0 Å². The summed E-state index contributed by atoms with van der Waals surface area (Å²) >= 11 is 17.7. The molecular formula is C43H42Cl3O3S12. The second-order valence-electron chi connectivity index (χ2n) is 13.2. The Kier molecular flexibility index (Phi) is 5.51. The van der Waals surface area contributed by atoms with Crippen molar-refractivity contribution in [2.45, 2.75) is 165 Å². The molecule has 0 bridgehead atoms. The molecule has 0 aromatic heterocycles. The summed E-state index contributed by atoms with van der Waals surface area (Å²) in [5, 5.41) is 13.2. The molecule has 0 atom stereocenters. The Morgan fingerprint density at radius 3 is 0.836 bits per heavy atom. The molecule has 6 heterocycles. The highest BCUT2D eigenvalue weighted by atomic mass is 35.5. The van der Waals surface area contributed by atoms with Gasteiger partial charge in [0.2, 0.25) is 0 Å². The van der Waals surface area contributed by atoms with E-state index in [0.29, 0.717) is 0 Å². The number of hydrogen-bond donors (Lipinski definition) is 0. The van der Waals surface area contributed by atoms with Crippen LogP contribution >= 0.6 is 176 Å². The van der Waals surface area contributed by atoms with Crippen LogP contribution in [0.4, 0.5) is 0 Å². The lowest BCUT2D eigenvalue weighted by atomic mass is 9.92. The lowest BCUT2D eigenvalue weighted by Gasteiger charge is -2.25. The molecule has 0 amide bonds. The number of Topliss-reactive ketones (excluding diaryl/α,β-unsaturated/α-hetero) is 2. The lowest BCUT2D eigenvalue weighted by molar-refractivity contribution is 0.100. The van der Waals surface area contributed by atoms with Crippen molar-refractivity contribution in [3.8, 4) is 0 Å². The van der Waals surface area contributed by atoms with Gasteiger partial charge in [-0.3, -0.25) is 14.7 Å². The van der Waals surface area contributed by atoms with Gasteiger partial charge in [0.15, 0.2) is 17.3 Å². The summed E-state index contributed by atoms with van der Waals surface area (Å²) in [4.78, 5) is 20.0. The van der Waals surface area contributed by atoms with Crippen LogP contribution in [0.1, 0.15) is 163 Å². The molecule has 0 fully saturated rings.